The van der Waals surface area contributed by atoms with E-state index in [1.807, 2.05) is 20.8 Å². The smallest absolute Gasteiger partial charge is 0.870 e. The van der Waals surface area contributed by atoms with E-state index in [4.69, 9.17) is 10.5 Å². The van der Waals surface area contributed by atoms with Crippen molar-refractivity contribution in [2.24, 2.45) is 5.73 Å². The van der Waals surface area contributed by atoms with Gasteiger partial charge in [-0.25, -0.2) is 14.4 Å². The molecule has 1 saturated carbocycles. The number of likely N-dealkylation sites (tertiary alicyclic amines) is 1. The number of amides is 6. The van der Waals surface area contributed by atoms with Crippen LogP contribution in [0.2, 0.25) is 0 Å². The molecule has 1 aromatic carbocycles. The van der Waals surface area contributed by atoms with Crippen LogP contribution in [0.5, 0.6) is 0 Å². The van der Waals surface area contributed by atoms with Gasteiger partial charge in [-0.15, -0.1) is 0 Å². The van der Waals surface area contributed by atoms with Crippen molar-refractivity contribution in [3.63, 3.8) is 0 Å². The van der Waals surface area contributed by atoms with E-state index in [9.17, 15) is 19.2 Å². The molecule has 1 aromatic rings. The first-order valence-electron chi connectivity index (χ1n) is 12.2. The minimum absolute atomic E-state index is 0. The summed E-state index contributed by atoms with van der Waals surface area (Å²) in [6.45, 7) is 6.49. The van der Waals surface area contributed by atoms with E-state index in [2.05, 4.69) is 16.0 Å². The molecule has 0 radical (unpaired) electrons. The second kappa shape index (κ2) is 17.2. The fourth-order valence-electron chi connectivity index (χ4n) is 3.97. The number of carbonyl (C=O) groups is 4. The maximum atomic E-state index is 12.0. The third-order valence-corrected chi connectivity index (χ3v) is 5.70. The SMILES string of the molecule is CC(C)(C)OC(=O)N1CCC(NC(=O)NC(=O)c2ccccc2)CC1.NC(=O)NC1CCCCC1.[Na+].[OH-]. The van der Waals surface area contributed by atoms with Gasteiger partial charge >= 0.3 is 47.7 Å². The van der Waals surface area contributed by atoms with Gasteiger partial charge in [0.1, 0.15) is 5.60 Å². The summed E-state index contributed by atoms with van der Waals surface area (Å²) in [4.78, 5) is 47.9. The Kier molecular flexibility index (Phi) is 16.1. The van der Waals surface area contributed by atoms with Crippen molar-refractivity contribution in [2.75, 3.05) is 13.1 Å². The Hall–Kier alpha value is -2.34. The first-order valence-corrected chi connectivity index (χ1v) is 12.2. The van der Waals surface area contributed by atoms with Crippen molar-refractivity contribution in [1.82, 2.24) is 20.9 Å². The summed E-state index contributed by atoms with van der Waals surface area (Å²) in [7, 11) is 0. The molecule has 0 atom stereocenters. The number of piperidine rings is 1. The summed E-state index contributed by atoms with van der Waals surface area (Å²) in [5.41, 5.74) is 4.88. The van der Waals surface area contributed by atoms with Crippen LogP contribution < -0.4 is 51.2 Å². The molecule has 0 aromatic heterocycles. The quantitative estimate of drug-likeness (QED) is 0.411. The number of hydrogen-bond donors (Lipinski definition) is 4. The summed E-state index contributed by atoms with van der Waals surface area (Å²) in [6.07, 6.45) is 6.85. The van der Waals surface area contributed by atoms with Crippen molar-refractivity contribution >= 4 is 24.1 Å². The van der Waals surface area contributed by atoms with Crippen LogP contribution in [-0.2, 0) is 4.74 Å². The number of primary amides is 1. The van der Waals surface area contributed by atoms with Crippen molar-refractivity contribution in [3.8, 4) is 0 Å². The largest absolute Gasteiger partial charge is 1.00 e. The van der Waals surface area contributed by atoms with Gasteiger partial charge in [0.25, 0.3) is 5.91 Å². The molecule has 1 saturated heterocycles. The van der Waals surface area contributed by atoms with E-state index in [0.29, 0.717) is 37.5 Å². The van der Waals surface area contributed by atoms with E-state index in [1.165, 1.54) is 19.3 Å². The molecule has 1 aliphatic heterocycles. The number of nitrogens with zero attached hydrogens (tertiary/aromatic N) is 1. The van der Waals surface area contributed by atoms with Gasteiger partial charge in [0.05, 0.1) is 0 Å². The van der Waals surface area contributed by atoms with E-state index in [-0.39, 0.29) is 53.2 Å². The molecule has 202 valence electrons. The second-order valence-corrected chi connectivity index (χ2v) is 9.88. The van der Waals surface area contributed by atoms with Gasteiger partial charge < -0.3 is 31.5 Å². The molecule has 12 heteroatoms. The molecule has 0 unspecified atom stereocenters. The summed E-state index contributed by atoms with van der Waals surface area (Å²) in [5.74, 6) is -0.440. The number of nitrogens with one attached hydrogen (secondary N) is 3. The summed E-state index contributed by atoms with van der Waals surface area (Å²) < 4.78 is 5.34. The minimum Gasteiger partial charge on any atom is -0.870 e. The molecule has 1 aliphatic carbocycles. The van der Waals surface area contributed by atoms with E-state index >= 15 is 0 Å². The second-order valence-electron chi connectivity index (χ2n) is 9.88. The van der Waals surface area contributed by atoms with Crippen LogP contribution in [0.1, 0.15) is 76.1 Å². The Labute approximate surface area is 241 Å². The fourth-order valence-corrected chi connectivity index (χ4v) is 3.97. The molecule has 2 fully saturated rings. The Bertz CT molecular complexity index is 851. The Balaban J connectivity index is 0.000000913. The average Bonchev–Trinajstić information content (AvgIpc) is 2.79. The van der Waals surface area contributed by atoms with Crippen LogP contribution in [0.15, 0.2) is 30.3 Å². The fraction of sp³-hybridized carbons (Fsp3) is 0.600. The number of imide groups is 1. The molecule has 11 nitrogen and oxygen atoms in total. The third kappa shape index (κ3) is 14.2. The number of benzene rings is 1. The van der Waals surface area contributed by atoms with E-state index in [0.717, 1.165) is 12.8 Å². The summed E-state index contributed by atoms with van der Waals surface area (Å²) >= 11 is 0. The predicted octanol–water partition coefficient (Wildman–Crippen LogP) is 0.340. The van der Waals surface area contributed by atoms with Gasteiger partial charge in [-0.3, -0.25) is 10.1 Å². The summed E-state index contributed by atoms with van der Waals surface area (Å²) in [5, 5.41) is 7.81. The molecule has 6 N–H and O–H groups in total. The molecule has 2 aliphatic rings. The van der Waals surface area contributed by atoms with Crippen molar-refractivity contribution in [2.45, 2.75) is 83.4 Å². The molecule has 6 amide bonds. The topological polar surface area (TPSA) is 173 Å². The summed E-state index contributed by atoms with van der Waals surface area (Å²) in [6, 6.07) is 7.92. The van der Waals surface area contributed by atoms with Gasteiger partial charge in [0.2, 0.25) is 0 Å². The Morgan fingerprint density at radius 2 is 1.43 bits per heavy atom. The molecule has 1 heterocycles. The first kappa shape index (κ1) is 34.7. The molecule has 0 spiro atoms. The third-order valence-electron chi connectivity index (χ3n) is 5.70. The number of carbonyl (C=O) groups excluding carboxylic acids is 4. The maximum Gasteiger partial charge on any atom is 1.00 e. The van der Waals surface area contributed by atoms with Crippen molar-refractivity contribution in [3.05, 3.63) is 35.9 Å². The van der Waals surface area contributed by atoms with Gasteiger partial charge in [-0.05, 0) is 58.6 Å². The first-order chi connectivity index (χ1) is 16.5. The number of ether oxygens (including phenoxy) is 1. The monoisotopic (exact) mass is 529 g/mol. The van der Waals surface area contributed by atoms with E-state index < -0.39 is 17.5 Å². The van der Waals surface area contributed by atoms with Crippen LogP contribution in [0.3, 0.4) is 0 Å². The Morgan fingerprint density at radius 3 is 1.95 bits per heavy atom. The van der Waals surface area contributed by atoms with Crippen molar-refractivity contribution in [1.29, 1.82) is 0 Å². The molecule has 37 heavy (non-hydrogen) atoms. The van der Waals surface area contributed by atoms with Crippen LogP contribution in [0.25, 0.3) is 0 Å². The zero-order valence-electron chi connectivity index (χ0n) is 22.4. The van der Waals surface area contributed by atoms with E-state index in [1.54, 1.807) is 35.2 Å². The number of rotatable bonds is 3. The molecule has 0 bridgehead atoms. The maximum absolute atomic E-state index is 12.0. The number of hydrogen-bond acceptors (Lipinski definition) is 6. The number of urea groups is 2. The predicted molar refractivity (Wildman–Crippen MR) is 135 cm³/mol. The molecular weight excluding hydrogens is 489 g/mol. The zero-order valence-corrected chi connectivity index (χ0v) is 24.4. The van der Waals surface area contributed by atoms with Crippen LogP contribution in [-0.4, -0.2) is 65.2 Å². The van der Waals surface area contributed by atoms with Gasteiger partial charge in [-0.2, -0.15) is 0 Å². The van der Waals surface area contributed by atoms with Gasteiger partial charge in [-0.1, -0.05) is 37.5 Å². The Morgan fingerprint density at radius 1 is 0.892 bits per heavy atom. The van der Waals surface area contributed by atoms with Gasteiger partial charge in [0.15, 0.2) is 0 Å². The normalized spacial score (nSPS) is 15.9. The van der Waals surface area contributed by atoms with Crippen LogP contribution in [0, 0.1) is 0 Å². The average molecular weight is 530 g/mol. The standard InChI is InChI=1S/C18H25N3O4.C7H14N2O.Na.H2O/c1-18(2,3)25-17(24)21-11-9-14(10-12-21)19-16(23)20-15(22)13-7-5-4-6-8-13;8-7(10)9-6-4-2-1-3-5-6;;/h4-8,14H,9-12H2,1-3H3,(H2,19,20,22,23);6H,1-5H2,(H3,8,9,10);;1H2/q;;+1;/p-1. The minimum atomic E-state index is -0.524. The molecular formula is C25H40N5NaO6. The molecule has 3 rings (SSSR count). The van der Waals surface area contributed by atoms with Crippen LogP contribution in [0.4, 0.5) is 14.4 Å². The number of nitrogens with two attached hydrogens (primary N) is 1. The van der Waals surface area contributed by atoms with Crippen molar-refractivity contribution < 1.29 is 58.9 Å². The van der Waals surface area contributed by atoms with Gasteiger partial charge in [0, 0.05) is 30.7 Å². The zero-order chi connectivity index (χ0) is 25.8. The van der Waals surface area contributed by atoms with Crippen LogP contribution >= 0.6 is 0 Å².